The zero-order valence-corrected chi connectivity index (χ0v) is 15.5. The van der Waals surface area contributed by atoms with E-state index in [2.05, 4.69) is 20.7 Å². The minimum absolute atomic E-state index is 0.00466. The molecule has 8 heteroatoms. The van der Waals surface area contributed by atoms with Crippen molar-refractivity contribution in [2.24, 2.45) is 0 Å². The van der Waals surface area contributed by atoms with Gasteiger partial charge < -0.3 is 0 Å². The van der Waals surface area contributed by atoms with Gasteiger partial charge in [-0.15, -0.1) is 11.3 Å². The van der Waals surface area contributed by atoms with Crippen LogP contribution in [-0.4, -0.2) is 13.7 Å². The van der Waals surface area contributed by atoms with Gasteiger partial charge in [0.15, 0.2) is 0 Å². The van der Waals surface area contributed by atoms with E-state index >= 15 is 0 Å². The van der Waals surface area contributed by atoms with Gasteiger partial charge in [-0.25, -0.2) is 8.42 Å². The van der Waals surface area contributed by atoms with Gasteiger partial charge in [0.1, 0.15) is 9.23 Å². The Morgan fingerprint density at radius 1 is 1.24 bits per heavy atom. The van der Waals surface area contributed by atoms with E-state index in [1.807, 2.05) is 18.2 Å². The van der Waals surface area contributed by atoms with E-state index in [0.717, 1.165) is 35.1 Å². The van der Waals surface area contributed by atoms with E-state index in [-0.39, 0.29) is 9.23 Å². The number of benzene rings is 1. The van der Waals surface area contributed by atoms with Crippen molar-refractivity contribution >= 4 is 66.2 Å². The molecular formula is C13H12BrCl2NO2S2. The zero-order chi connectivity index (χ0) is 15.5. The van der Waals surface area contributed by atoms with Crippen molar-refractivity contribution in [2.45, 2.75) is 17.7 Å². The van der Waals surface area contributed by atoms with Crippen LogP contribution >= 0.6 is 50.5 Å². The highest BCUT2D eigenvalue weighted by Crippen LogP contribution is 2.35. The van der Waals surface area contributed by atoms with Crippen LogP contribution in [0, 0.1) is 0 Å². The summed E-state index contributed by atoms with van der Waals surface area (Å²) in [6.45, 7) is 0. The Bertz CT molecular complexity index is 732. The number of halogens is 3. The SMILES string of the molecule is O=S(=O)(Nc1cccc(CCCBr)c1)c1cc(Cl)sc1Cl. The van der Waals surface area contributed by atoms with E-state index in [4.69, 9.17) is 23.2 Å². The first-order chi connectivity index (χ1) is 9.92. The maximum atomic E-state index is 12.3. The summed E-state index contributed by atoms with van der Waals surface area (Å²) in [4.78, 5) is 0.00466. The lowest BCUT2D eigenvalue weighted by molar-refractivity contribution is 0.601. The second kappa shape index (κ2) is 7.33. The van der Waals surface area contributed by atoms with Gasteiger partial charge in [0.25, 0.3) is 10.0 Å². The van der Waals surface area contributed by atoms with Crippen LogP contribution < -0.4 is 4.72 Å². The number of hydrogen-bond acceptors (Lipinski definition) is 3. The van der Waals surface area contributed by atoms with Crippen LogP contribution in [0.4, 0.5) is 5.69 Å². The first-order valence-corrected chi connectivity index (χ1v) is 10.2. The Labute approximate surface area is 146 Å². The van der Waals surface area contributed by atoms with Gasteiger partial charge in [-0.2, -0.15) is 0 Å². The third-order valence-electron chi connectivity index (χ3n) is 2.69. The van der Waals surface area contributed by atoms with Gasteiger partial charge in [-0.3, -0.25) is 4.72 Å². The maximum absolute atomic E-state index is 12.3. The molecule has 0 saturated carbocycles. The van der Waals surface area contributed by atoms with Gasteiger partial charge >= 0.3 is 0 Å². The number of alkyl halides is 1. The Morgan fingerprint density at radius 2 is 2.00 bits per heavy atom. The molecule has 1 aromatic carbocycles. The molecule has 0 saturated heterocycles. The molecule has 2 rings (SSSR count). The summed E-state index contributed by atoms with van der Waals surface area (Å²) in [7, 11) is -3.73. The molecule has 0 spiro atoms. The van der Waals surface area contributed by atoms with Crippen LogP contribution in [0.2, 0.25) is 8.67 Å². The molecule has 0 aliphatic carbocycles. The summed E-state index contributed by atoms with van der Waals surface area (Å²) in [6.07, 6.45) is 1.87. The van der Waals surface area contributed by atoms with Gasteiger partial charge in [-0.05, 0) is 36.6 Å². The highest BCUT2D eigenvalue weighted by atomic mass is 79.9. The molecule has 1 heterocycles. The van der Waals surface area contributed by atoms with Gasteiger partial charge in [0.2, 0.25) is 0 Å². The van der Waals surface area contributed by atoms with E-state index < -0.39 is 10.0 Å². The fraction of sp³-hybridized carbons (Fsp3) is 0.231. The molecule has 1 N–H and O–H groups in total. The van der Waals surface area contributed by atoms with Crippen molar-refractivity contribution in [1.82, 2.24) is 0 Å². The van der Waals surface area contributed by atoms with Crippen LogP contribution in [0.25, 0.3) is 0 Å². The second-order valence-electron chi connectivity index (χ2n) is 4.29. The summed E-state index contributed by atoms with van der Waals surface area (Å²) in [5.41, 5.74) is 1.59. The average molecular weight is 429 g/mol. The van der Waals surface area contributed by atoms with Crippen molar-refractivity contribution in [1.29, 1.82) is 0 Å². The summed E-state index contributed by atoms with van der Waals surface area (Å²) in [5.74, 6) is 0. The van der Waals surface area contributed by atoms with Crippen molar-refractivity contribution in [3.63, 3.8) is 0 Å². The Morgan fingerprint density at radius 3 is 2.62 bits per heavy atom. The molecule has 114 valence electrons. The number of rotatable bonds is 6. The zero-order valence-electron chi connectivity index (χ0n) is 10.8. The molecule has 0 unspecified atom stereocenters. The molecule has 0 amide bonds. The Kier molecular flexibility index (Phi) is 5.96. The molecule has 21 heavy (non-hydrogen) atoms. The van der Waals surface area contributed by atoms with Crippen molar-refractivity contribution < 1.29 is 8.42 Å². The fourth-order valence-electron chi connectivity index (χ4n) is 1.78. The highest BCUT2D eigenvalue weighted by molar-refractivity contribution is 9.09. The van der Waals surface area contributed by atoms with Crippen molar-refractivity contribution in [3.8, 4) is 0 Å². The van der Waals surface area contributed by atoms with E-state index in [9.17, 15) is 8.42 Å². The number of nitrogens with one attached hydrogen (secondary N) is 1. The van der Waals surface area contributed by atoms with Gasteiger partial charge in [0, 0.05) is 11.0 Å². The van der Waals surface area contributed by atoms with Crippen molar-refractivity contribution in [2.75, 3.05) is 10.1 Å². The Balaban J connectivity index is 2.22. The molecule has 3 nitrogen and oxygen atoms in total. The smallest absolute Gasteiger partial charge is 0.264 e. The normalized spacial score (nSPS) is 11.6. The molecule has 0 radical (unpaired) electrons. The summed E-state index contributed by atoms with van der Waals surface area (Å²) < 4.78 is 27.6. The number of aryl methyl sites for hydroxylation is 1. The first kappa shape index (κ1) is 17.1. The molecule has 0 atom stereocenters. The predicted octanol–water partition coefficient (Wildman–Crippen LogP) is 5.18. The summed E-state index contributed by atoms with van der Waals surface area (Å²) >= 11 is 16.1. The van der Waals surface area contributed by atoms with Crippen LogP contribution in [0.5, 0.6) is 0 Å². The lowest BCUT2D eigenvalue weighted by atomic mass is 10.1. The maximum Gasteiger partial charge on any atom is 0.264 e. The third kappa shape index (κ3) is 4.60. The van der Waals surface area contributed by atoms with Crippen LogP contribution in [-0.2, 0) is 16.4 Å². The molecule has 2 aromatic rings. The molecule has 0 aliphatic rings. The van der Waals surface area contributed by atoms with E-state index in [1.165, 1.54) is 6.07 Å². The fourth-order valence-corrected chi connectivity index (χ4v) is 5.26. The molecular weight excluding hydrogens is 417 g/mol. The minimum atomic E-state index is -3.73. The van der Waals surface area contributed by atoms with E-state index in [0.29, 0.717) is 10.0 Å². The molecule has 0 aliphatic heterocycles. The van der Waals surface area contributed by atoms with Crippen molar-refractivity contribution in [3.05, 3.63) is 44.6 Å². The first-order valence-electron chi connectivity index (χ1n) is 6.05. The lowest BCUT2D eigenvalue weighted by Crippen LogP contribution is -2.12. The monoisotopic (exact) mass is 427 g/mol. The predicted molar refractivity (Wildman–Crippen MR) is 93.7 cm³/mol. The van der Waals surface area contributed by atoms with Crippen LogP contribution in [0.15, 0.2) is 35.2 Å². The number of thiophene rings is 1. The van der Waals surface area contributed by atoms with Crippen LogP contribution in [0.3, 0.4) is 0 Å². The standard InChI is InChI=1S/C13H12BrCl2NO2S2/c14-6-2-4-9-3-1-5-10(7-9)17-21(18,19)11-8-12(15)20-13(11)16/h1,3,5,7-8,17H,2,4,6H2. The number of anilines is 1. The number of sulfonamides is 1. The molecule has 0 fully saturated rings. The lowest BCUT2D eigenvalue weighted by Gasteiger charge is -2.08. The third-order valence-corrected chi connectivity index (χ3v) is 6.39. The summed E-state index contributed by atoms with van der Waals surface area (Å²) in [6, 6.07) is 8.67. The van der Waals surface area contributed by atoms with Crippen LogP contribution in [0.1, 0.15) is 12.0 Å². The largest absolute Gasteiger partial charge is 0.280 e. The quantitative estimate of drug-likeness (QED) is 0.644. The minimum Gasteiger partial charge on any atom is -0.280 e. The second-order valence-corrected chi connectivity index (χ2v) is 9.02. The number of hydrogen-bond donors (Lipinski definition) is 1. The van der Waals surface area contributed by atoms with Gasteiger partial charge in [0.05, 0.1) is 4.34 Å². The Hall–Kier alpha value is -0.270. The topological polar surface area (TPSA) is 46.2 Å². The molecule has 1 aromatic heterocycles. The highest BCUT2D eigenvalue weighted by Gasteiger charge is 2.21. The summed E-state index contributed by atoms with van der Waals surface area (Å²) in [5, 5.41) is 0.909. The van der Waals surface area contributed by atoms with E-state index in [1.54, 1.807) is 6.07 Å². The van der Waals surface area contributed by atoms with Gasteiger partial charge in [-0.1, -0.05) is 51.3 Å². The molecule has 0 bridgehead atoms. The average Bonchev–Trinajstić information content (AvgIpc) is 2.76.